The number of piperazine rings is 1. The Morgan fingerprint density at radius 2 is 2.00 bits per heavy atom. The number of carbonyl (C=O) groups excluding carboxylic acids is 2. The van der Waals surface area contributed by atoms with Crippen molar-refractivity contribution in [2.75, 3.05) is 6.54 Å². The van der Waals surface area contributed by atoms with Crippen LogP contribution in [0.5, 0.6) is 0 Å². The van der Waals surface area contributed by atoms with Gasteiger partial charge < -0.3 is 10.2 Å². The summed E-state index contributed by atoms with van der Waals surface area (Å²) in [5, 5.41) is 2.84. The van der Waals surface area contributed by atoms with Gasteiger partial charge in [0.15, 0.2) is 0 Å². The fourth-order valence-corrected chi connectivity index (χ4v) is 2.43. The first-order valence-corrected chi connectivity index (χ1v) is 6.64. The summed E-state index contributed by atoms with van der Waals surface area (Å²) in [4.78, 5) is 25.8. The molecule has 1 saturated heterocycles. The van der Waals surface area contributed by atoms with Crippen LogP contribution in [0.3, 0.4) is 0 Å². The van der Waals surface area contributed by atoms with Crippen molar-refractivity contribution in [3.8, 4) is 0 Å². The van der Waals surface area contributed by atoms with Crippen LogP contribution in [-0.4, -0.2) is 35.3 Å². The Kier molecular flexibility index (Phi) is 3.40. The highest BCUT2D eigenvalue weighted by Crippen LogP contribution is 2.35. The van der Waals surface area contributed by atoms with E-state index < -0.39 is 0 Å². The predicted molar refractivity (Wildman–Crippen MR) is 65.3 cm³/mol. The molecule has 0 aromatic rings. The van der Waals surface area contributed by atoms with Gasteiger partial charge in [0.25, 0.3) is 0 Å². The average Bonchev–Trinajstić information content (AvgIpc) is 3.13. The van der Waals surface area contributed by atoms with Gasteiger partial charge in [-0.2, -0.15) is 0 Å². The van der Waals surface area contributed by atoms with Crippen molar-refractivity contribution in [1.82, 2.24) is 10.2 Å². The second-order valence-electron chi connectivity index (χ2n) is 5.47. The number of nitrogens with zero attached hydrogens (tertiary/aromatic N) is 1. The Hall–Kier alpha value is -1.06. The SMILES string of the molecule is CCC(C)C(C)N1CC(=O)NC(C2CC2)C1=O. The molecule has 4 nitrogen and oxygen atoms in total. The summed E-state index contributed by atoms with van der Waals surface area (Å²) in [6, 6.07) is -0.0949. The second-order valence-corrected chi connectivity index (χ2v) is 5.47. The predicted octanol–water partition coefficient (Wildman–Crippen LogP) is 1.16. The monoisotopic (exact) mass is 238 g/mol. The van der Waals surface area contributed by atoms with Crippen LogP contribution < -0.4 is 5.32 Å². The topological polar surface area (TPSA) is 49.4 Å². The van der Waals surface area contributed by atoms with E-state index in [2.05, 4.69) is 26.1 Å². The molecule has 0 aromatic carbocycles. The lowest BCUT2D eigenvalue weighted by Crippen LogP contribution is -2.61. The third kappa shape index (κ3) is 2.45. The maximum atomic E-state index is 12.3. The molecule has 4 heteroatoms. The quantitative estimate of drug-likeness (QED) is 0.799. The van der Waals surface area contributed by atoms with Gasteiger partial charge >= 0.3 is 0 Å². The van der Waals surface area contributed by atoms with Crippen molar-refractivity contribution in [2.45, 2.75) is 52.1 Å². The molecule has 0 spiro atoms. The van der Waals surface area contributed by atoms with Crippen molar-refractivity contribution in [3.63, 3.8) is 0 Å². The molecule has 1 aliphatic carbocycles. The third-order valence-corrected chi connectivity index (χ3v) is 4.23. The maximum absolute atomic E-state index is 12.3. The fraction of sp³-hybridized carbons (Fsp3) is 0.846. The highest BCUT2D eigenvalue weighted by Gasteiger charge is 2.44. The molecule has 0 bridgehead atoms. The molecule has 17 heavy (non-hydrogen) atoms. The van der Waals surface area contributed by atoms with Crippen LogP contribution in [0.15, 0.2) is 0 Å². The molecule has 96 valence electrons. The van der Waals surface area contributed by atoms with Crippen LogP contribution >= 0.6 is 0 Å². The first-order valence-electron chi connectivity index (χ1n) is 6.64. The molecule has 1 N–H and O–H groups in total. The molecule has 1 aliphatic heterocycles. The van der Waals surface area contributed by atoms with Crippen molar-refractivity contribution >= 4 is 11.8 Å². The van der Waals surface area contributed by atoms with Crippen molar-refractivity contribution in [3.05, 3.63) is 0 Å². The summed E-state index contributed by atoms with van der Waals surface area (Å²) >= 11 is 0. The fourth-order valence-electron chi connectivity index (χ4n) is 2.43. The van der Waals surface area contributed by atoms with Crippen molar-refractivity contribution in [2.24, 2.45) is 11.8 Å². The van der Waals surface area contributed by atoms with E-state index in [4.69, 9.17) is 0 Å². The van der Waals surface area contributed by atoms with E-state index in [1.54, 1.807) is 4.90 Å². The van der Waals surface area contributed by atoms with Gasteiger partial charge in [-0.25, -0.2) is 0 Å². The molecular formula is C13H22N2O2. The van der Waals surface area contributed by atoms with E-state index in [-0.39, 0.29) is 30.4 Å². The van der Waals surface area contributed by atoms with Crippen LogP contribution in [-0.2, 0) is 9.59 Å². The summed E-state index contributed by atoms with van der Waals surface area (Å²) < 4.78 is 0. The molecule has 2 fully saturated rings. The van der Waals surface area contributed by atoms with Crippen LogP contribution in [0, 0.1) is 11.8 Å². The minimum absolute atomic E-state index is 0.00310. The van der Waals surface area contributed by atoms with Crippen molar-refractivity contribution < 1.29 is 9.59 Å². The number of nitrogens with one attached hydrogen (secondary N) is 1. The summed E-state index contributed by atoms with van der Waals surface area (Å²) in [5.41, 5.74) is 0. The lowest BCUT2D eigenvalue weighted by Gasteiger charge is -2.38. The number of amides is 2. The van der Waals surface area contributed by atoms with Gasteiger partial charge in [0.1, 0.15) is 6.04 Å². The molecule has 0 aromatic heterocycles. The lowest BCUT2D eigenvalue weighted by molar-refractivity contribution is -0.148. The smallest absolute Gasteiger partial charge is 0.246 e. The molecule has 0 radical (unpaired) electrons. The van der Waals surface area contributed by atoms with Crippen LogP contribution in [0.25, 0.3) is 0 Å². The van der Waals surface area contributed by atoms with Gasteiger partial charge in [0, 0.05) is 6.04 Å². The van der Waals surface area contributed by atoms with E-state index in [1.807, 2.05) is 0 Å². The van der Waals surface area contributed by atoms with Gasteiger partial charge in [0.05, 0.1) is 6.54 Å². The van der Waals surface area contributed by atoms with Crippen LogP contribution in [0.1, 0.15) is 40.0 Å². The Bertz CT molecular complexity index is 325. The summed E-state index contributed by atoms with van der Waals surface area (Å²) in [5.74, 6) is 0.944. The molecule has 2 amide bonds. The molecule has 3 unspecified atom stereocenters. The van der Waals surface area contributed by atoms with E-state index >= 15 is 0 Å². The number of hydrogen-bond donors (Lipinski definition) is 1. The summed E-state index contributed by atoms with van der Waals surface area (Å²) in [6.45, 7) is 6.53. The van der Waals surface area contributed by atoms with Crippen LogP contribution in [0.2, 0.25) is 0 Å². The summed E-state index contributed by atoms with van der Waals surface area (Å²) in [7, 11) is 0. The highest BCUT2D eigenvalue weighted by molar-refractivity contribution is 5.95. The minimum Gasteiger partial charge on any atom is -0.342 e. The molecule has 2 aliphatic rings. The Morgan fingerprint density at radius 1 is 1.35 bits per heavy atom. The lowest BCUT2D eigenvalue weighted by atomic mass is 9.97. The molecular weight excluding hydrogens is 216 g/mol. The molecule has 2 rings (SSSR count). The Morgan fingerprint density at radius 3 is 2.53 bits per heavy atom. The van der Waals surface area contributed by atoms with Crippen LogP contribution in [0.4, 0.5) is 0 Å². The average molecular weight is 238 g/mol. The molecule has 1 heterocycles. The molecule has 3 atom stereocenters. The first kappa shape index (κ1) is 12.4. The zero-order chi connectivity index (χ0) is 12.6. The van der Waals surface area contributed by atoms with E-state index in [0.717, 1.165) is 19.3 Å². The highest BCUT2D eigenvalue weighted by atomic mass is 16.2. The Labute approximate surface area is 103 Å². The third-order valence-electron chi connectivity index (χ3n) is 4.23. The second kappa shape index (κ2) is 4.67. The maximum Gasteiger partial charge on any atom is 0.246 e. The van der Waals surface area contributed by atoms with Gasteiger partial charge in [-0.3, -0.25) is 9.59 Å². The number of rotatable bonds is 4. The largest absolute Gasteiger partial charge is 0.342 e. The first-order chi connectivity index (χ1) is 8.04. The van der Waals surface area contributed by atoms with Gasteiger partial charge in [-0.05, 0) is 31.6 Å². The van der Waals surface area contributed by atoms with Gasteiger partial charge in [0.2, 0.25) is 11.8 Å². The number of hydrogen-bond acceptors (Lipinski definition) is 2. The minimum atomic E-state index is -0.247. The van der Waals surface area contributed by atoms with E-state index in [1.165, 1.54) is 0 Å². The standard InChI is InChI=1S/C13H22N2O2/c1-4-8(2)9(3)15-7-11(16)14-12(13(15)17)10-5-6-10/h8-10,12H,4-7H2,1-3H3,(H,14,16). The number of carbonyl (C=O) groups is 2. The van der Waals surface area contributed by atoms with Gasteiger partial charge in [-0.1, -0.05) is 20.3 Å². The zero-order valence-corrected chi connectivity index (χ0v) is 10.9. The van der Waals surface area contributed by atoms with E-state index in [9.17, 15) is 9.59 Å². The van der Waals surface area contributed by atoms with Crippen molar-refractivity contribution in [1.29, 1.82) is 0 Å². The normalized spacial score (nSPS) is 28.9. The van der Waals surface area contributed by atoms with Gasteiger partial charge in [-0.15, -0.1) is 0 Å². The Balaban J connectivity index is 2.09. The molecule has 1 saturated carbocycles. The van der Waals surface area contributed by atoms with E-state index in [0.29, 0.717) is 11.8 Å². The summed E-state index contributed by atoms with van der Waals surface area (Å²) in [6.07, 6.45) is 3.17. The zero-order valence-electron chi connectivity index (χ0n) is 10.9.